The Kier molecular flexibility index (Phi) is 4.51. The molecule has 0 radical (unpaired) electrons. The molecule has 0 fully saturated rings. The summed E-state index contributed by atoms with van der Waals surface area (Å²) in [6, 6.07) is 10.6. The average Bonchev–Trinajstić information content (AvgIpc) is 2.93. The van der Waals surface area contributed by atoms with Gasteiger partial charge in [-0.15, -0.1) is 0 Å². The summed E-state index contributed by atoms with van der Waals surface area (Å²) < 4.78 is 53.0. The average molecular weight is 428 g/mol. The highest BCUT2D eigenvalue weighted by molar-refractivity contribution is 9.10. The molecule has 1 aromatic heterocycles. The fourth-order valence-electron chi connectivity index (χ4n) is 2.51. The molecule has 0 saturated heterocycles. The number of hydrogen-bond donors (Lipinski definition) is 0. The second-order valence-electron chi connectivity index (χ2n) is 5.48. The molecule has 1 heterocycles. The largest absolute Gasteiger partial charge is 0.300 e. The van der Waals surface area contributed by atoms with Crippen LogP contribution in [0.2, 0.25) is 0 Å². The monoisotopic (exact) mass is 427 g/mol. The minimum absolute atomic E-state index is 0.00830. The fraction of sp³-hybridized carbons (Fsp3) is 0.118. The van der Waals surface area contributed by atoms with Gasteiger partial charge in [-0.25, -0.2) is 21.2 Å². The van der Waals surface area contributed by atoms with Crippen LogP contribution in [0.4, 0.5) is 8.78 Å². The van der Waals surface area contributed by atoms with E-state index in [0.29, 0.717) is 4.47 Å². The van der Waals surface area contributed by atoms with Crippen molar-refractivity contribution < 1.29 is 22.0 Å². The predicted molar refractivity (Wildman–Crippen MR) is 93.7 cm³/mol. The minimum atomic E-state index is -4.03. The van der Waals surface area contributed by atoms with Crippen molar-refractivity contribution in [3.63, 3.8) is 0 Å². The first-order valence-electron chi connectivity index (χ1n) is 7.17. The molecule has 25 heavy (non-hydrogen) atoms. The van der Waals surface area contributed by atoms with Crippen LogP contribution >= 0.6 is 15.9 Å². The molecule has 0 N–H and O–H groups in total. The van der Waals surface area contributed by atoms with E-state index in [1.54, 1.807) is 18.2 Å². The number of alkyl halides is 2. The van der Waals surface area contributed by atoms with Crippen molar-refractivity contribution in [1.29, 1.82) is 0 Å². The first-order valence-corrected chi connectivity index (χ1v) is 9.40. The highest BCUT2D eigenvalue weighted by Crippen LogP contribution is 2.30. The number of Topliss-reactive ketones (excluding diaryl/α,β-unsaturated/α-hetero) is 1. The third-order valence-electron chi connectivity index (χ3n) is 3.77. The van der Waals surface area contributed by atoms with Gasteiger partial charge in [0.15, 0.2) is 0 Å². The summed E-state index contributed by atoms with van der Waals surface area (Å²) in [6.45, 7) is 1.82. The first-order chi connectivity index (χ1) is 11.7. The van der Waals surface area contributed by atoms with Crippen molar-refractivity contribution in [2.45, 2.75) is 18.2 Å². The Balaban J connectivity index is 2.30. The lowest BCUT2D eigenvalue weighted by Crippen LogP contribution is -2.13. The number of fused-ring (bicyclic) bond motifs is 1. The van der Waals surface area contributed by atoms with E-state index in [0.717, 1.165) is 15.7 Å². The molecule has 8 heteroatoms. The Bertz CT molecular complexity index is 1070. The molecule has 4 nitrogen and oxygen atoms in total. The van der Waals surface area contributed by atoms with Crippen LogP contribution in [0.5, 0.6) is 0 Å². The SMILES string of the molecule is Cc1ccc(S(=O)(=O)n2cc(C(=O)C(F)F)c3cc(Br)ccc32)cc1. The van der Waals surface area contributed by atoms with E-state index in [1.807, 2.05) is 6.92 Å². The van der Waals surface area contributed by atoms with Crippen LogP contribution < -0.4 is 0 Å². The van der Waals surface area contributed by atoms with Gasteiger partial charge in [0.25, 0.3) is 10.0 Å². The normalized spacial score (nSPS) is 12.0. The van der Waals surface area contributed by atoms with Crippen molar-refractivity contribution in [3.05, 3.63) is 64.3 Å². The predicted octanol–water partition coefficient (Wildman–Crippen LogP) is 4.40. The summed E-state index contributed by atoms with van der Waals surface area (Å²) in [5.41, 5.74) is 0.712. The molecular formula is C17H12BrF2NO3S. The Morgan fingerprint density at radius 3 is 2.36 bits per heavy atom. The van der Waals surface area contributed by atoms with E-state index in [2.05, 4.69) is 15.9 Å². The van der Waals surface area contributed by atoms with Crippen LogP contribution in [-0.4, -0.2) is 24.6 Å². The number of aryl methyl sites for hydroxylation is 1. The maximum absolute atomic E-state index is 12.9. The van der Waals surface area contributed by atoms with Gasteiger partial charge in [-0.2, -0.15) is 0 Å². The third-order valence-corrected chi connectivity index (χ3v) is 5.96. The summed E-state index contributed by atoms with van der Waals surface area (Å²) in [7, 11) is -4.03. The summed E-state index contributed by atoms with van der Waals surface area (Å²) in [5.74, 6) is -1.42. The fourth-order valence-corrected chi connectivity index (χ4v) is 4.24. The summed E-state index contributed by atoms with van der Waals surface area (Å²) in [4.78, 5) is 11.8. The quantitative estimate of drug-likeness (QED) is 0.579. The number of benzene rings is 2. The van der Waals surface area contributed by atoms with E-state index in [1.165, 1.54) is 24.3 Å². The second-order valence-corrected chi connectivity index (χ2v) is 8.21. The lowest BCUT2D eigenvalue weighted by Gasteiger charge is -2.08. The molecule has 3 aromatic rings. The van der Waals surface area contributed by atoms with Crippen molar-refractivity contribution in [1.82, 2.24) is 3.97 Å². The molecule has 0 amide bonds. The second kappa shape index (κ2) is 6.34. The number of nitrogens with zero attached hydrogens (tertiary/aromatic N) is 1. The summed E-state index contributed by atoms with van der Waals surface area (Å²) >= 11 is 3.21. The number of ketones is 1. The maximum Gasteiger partial charge on any atom is 0.300 e. The Morgan fingerprint density at radius 1 is 1.12 bits per heavy atom. The lowest BCUT2D eigenvalue weighted by atomic mass is 10.1. The van der Waals surface area contributed by atoms with Crippen molar-refractivity contribution in [3.8, 4) is 0 Å². The molecule has 2 aromatic carbocycles. The summed E-state index contributed by atoms with van der Waals surface area (Å²) in [6.07, 6.45) is -2.26. The van der Waals surface area contributed by atoms with E-state index >= 15 is 0 Å². The highest BCUT2D eigenvalue weighted by atomic mass is 79.9. The number of halogens is 3. The third kappa shape index (κ3) is 3.11. The molecule has 3 rings (SSSR count). The van der Waals surface area contributed by atoms with Crippen molar-refractivity contribution in [2.75, 3.05) is 0 Å². The number of carbonyl (C=O) groups is 1. The molecule has 0 spiro atoms. The molecule has 0 aliphatic rings. The van der Waals surface area contributed by atoms with Crippen LogP contribution in [0.15, 0.2) is 58.0 Å². The van der Waals surface area contributed by atoms with Crippen molar-refractivity contribution in [2.24, 2.45) is 0 Å². The molecule has 130 valence electrons. The minimum Gasteiger partial charge on any atom is -0.288 e. The maximum atomic E-state index is 12.9. The van der Waals surface area contributed by atoms with Crippen LogP contribution in [0.3, 0.4) is 0 Å². The molecule has 0 atom stereocenters. The van der Waals surface area contributed by atoms with Gasteiger partial charge >= 0.3 is 6.43 Å². The molecule has 0 unspecified atom stereocenters. The Morgan fingerprint density at radius 2 is 1.76 bits per heavy atom. The molecule has 0 aliphatic carbocycles. The molecular weight excluding hydrogens is 416 g/mol. The first kappa shape index (κ1) is 17.8. The topological polar surface area (TPSA) is 56.1 Å². The Hall–Kier alpha value is -2.06. The highest BCUT2D eigenvalue weighted by Gasteiger charge is 2.27. The van der Waals surface area contributed by atoms with Gasteiger partial charge in [0.05, 0.1) is 16.0 Å². The van der Waals surface area contributed by atoms with Gasteiger partial charge in [-0.3, -0.25) is 4.79 Å². The van der Waals surface area contributed by atoms with Crippen LogP contribution in [0.25, 0.3) is 10.9 Å². The van der Waals surface area contributed by atoms with Crippen LogP contribution in [0, 0.1) is 6.92 Å². The summed E-state index contributed by atoms with van der Waals surface area (Å²) in [5, 5.41) is 0.148. The Labute approximate surface area is 151 Å². The number of aromatic nitrogens is 1. The van der Waals surface area contributed by atoms with E-state index < -0.39 is 22.2 Å². The molecule has 0 bridgehead atoms. The zero-order valence-corrected chi connectivity index (χ0v) is 15.3. The van der Waals surface area contributed by atoms with Gasteiger partial charge in [0.1, 0.15) is 0 Å². The number of rotatable bonds is 4. The number of hydrogen-bond acceptors (Lipinski definition) is 3. The zero-order chi connectivity index (χ0) is 18.4. The molecule has 0 saturated carbocycles. The van der Waals surface area contributed by atoms with E-state index in [9.17, 15) is 22.0 Å². The standard InChI is InChI=1S/C17H12BrF2NO3S/c1-10-2-5-12(6-3-10)25(23,24)21-9-14(16(22)17(19)20)13-8-11(18)4-7-15(13)21/h2-9,17H,1H3. The van der Waals surface area contributed by atoms with Gasteiger partial charge in [-0.1, -0.05) is 33.6 Å². The van der Waals surface area contributed by atoms with Gasteiger partial charge in [0, 0.05) is 16.1 Å². The van der Waals surface area contributed by atoms with E-state index in [4.69, 9.17) is 0 Å². The van der Waals surface area contributed by atoms with Crippen LogP contribution in [-0.2, 0) is 10.0 Å². The zero-order valence-electron chi connectivity index (χ0n) is 12.9. The number of carbonyl (C=O) groups excluding carboxylic acids is 1. The van der Waals surface area contributed by atoms with Crippen LogP contribution in [0.1, 0.15) is 15.9 Å². The lowest BCUT2D eigenvalue weighted by molar-refractivity contribution is 0.0680. The smallest absolute Gasteiger partial charge is 0.288 e. The van der Waals surface area contributed by atoms with Gasteiger partial charge in [0.2, 0.25) is 5.78 Å². The van der Waals surface area contributed by atoms with Crippen molar-refractivity contribution >= 4 is 42.6 Å². The molecule has 0 aliphatic heterocycles. The van der Waals surface area contributed by atoms with Gasteiger partial charge in [-0.05, 0) is 37.3 Å². The van der Waals surface area contributed by atoms with Gasteiger partial charge < -0.3 is 0 Å². The van der Waals surface area contributed by atoms with E-state index in [-0.39, 0.29) is 21.4 Å².